The molecule has 0 amide bonds. The fourth-order valence-electron chi connectivity index (χ4n) is 2.92. The monoisotopic (exact) mass is 259 g/mol. The van der Waals surface area contributed by atoms with Crippen LogP contribution in [0.2, 0.25) is 0 Å². The molecule has 98 valence electrons. The van der Waals surface area contributed by atoms with Gasteiger partial charge < -0.3 is 5.32 Å². The van der Waals surface area contributed by atoms with Gasteiger partial charge >= 0.3 is 0 Å². The third kappa shape index (κ3) is 2.15. The average molecular weight is 259 g/mol. The van der Waals surface area contributed by atoms with Crippen LogP contribution in [0.1, 0.15) is 35.6 Å². The topological polar surface area (TPSA) is 12.0 Å². The SMILES string of the molecule is CC1c2c(F)cc(F)cc2CNC1c1ccccc1. The summed E-state index contributed by atoms with van der Waals surface area (Å²) in [5.74, 6) is -0.972. The number of fused-ring (bicyclic) bond motifs is 1. The molecule has 1 aliphatic rings. The first-order valence-corrected chi connectivity index (χ1v) is 6.43. The van der Waals surface area contributed by atoms with Crippen LogP contribution in [-0.2, 0) is 6.54 Å². The summed E-state index contributed by atoms with van der Waals surface area (Å²) in [5, 5.41) is 3.36. The molecule has 0 aromatic heterocycles. The molecule has 0 saturated heterocycles. The van der Waals surface area contributed by atoms with Crippen molar-refractivity contribution in [3.8, 4) is 0 Å². The molecule has 3 heteroatoms. The lowest BCUT2D eigenvalue weighted by Crippen LogP contribution is -2.32. The van der Waals surface area contributed by atoms with Crippen molar-refractivity contribution < 1.29 is 8.78 Å². The van der Waals surface area contributed by atoms with E-state index in [0.717, 1.165) is 17.2 Å². The molecular formula is C16H15F2N. The van der Waals surface area contributed by atoms with Crippen LogP contribution in [0.3, 0.4) is 0 Å². The van der Waals surface area contributed by atoms with Crippen molar-refractivity contribution in [2.45, 2.75) is 25.4 Å². The highest BCUT2D eigenvalue weighted by molar-refractivity contribution is 5.38. The van der Waals surface area contributed by atoms with Gasteiger partial charge in [-0.25, -0.2) is 8.78 Å². The molecule has 19 heavy (non-hydrogen) atoms. The first-order chi connectivity index (χ1) is 9.16. The maximum absolute atomic E-state index is 14.0. The molecule has 0 aliphatic carbocycles. The number of hydrogen-bond donors (Lipinski definition) is 1. The van der Waals surface area contributed by atoms with Gasteiger partial charge in [0.2, 0.25) is 0 Å². The molecule has 2 aromatic rings. The molecule has 0 spiro atoms. The van der Waals surface area contributed by atoms with Crippen molar-refractivity contribution in [2.24, 2.45) is 0 Å². The third-order valence-electron chi connectivity index (χ3n) is 3.81. The van der Waals surface area contributed by atoms with Gasteiger partial charge in [-0.15, -0.1) is 0 Å². The molecule has 2 atom stereocenters. The Morgan fingerprint density at radius 2 is 1.84 bits per heavy atom. The molecule has 3 rings (SSSR count). The summed E-state index contributed by atoms with van der Waals surface area (Å²) in [5.41, 5.74) is 2.48. The summed E-state index contributed by atoms with van der Waals surface area (Å²) in [7, 11) is 0. The average Bonchev–Trinajstić information content (AvgIpc) is 2.39. The molecule has 2 aromatic carbocycles. The largest absolute Gasteiger partial charge is 0.305 e. The summed E-state index contributed by atoms with van der Waals surface area (Å²) >= 11 is 0. The molecule has 0 bridgehead atoms. The van der Waals surface area contributed by atoms with E-state index >= 15 is 0 Å². The second-order valence-electron chi connectivity index (χ2n) is 5.02. The molecule has 1 N–H and O–H groups in total. The van der Waals surface area contributed by atoms with Gasteiger partial charge in [-0.05, 0) is 22.8 Å². The smallest absolute Gasteiger partial charge is 0.129 e. The van der Waals surface area contributed by atoms with Gasteiger partial charge in [0.15, 0.2) is 0 Å². The Morgan fingerprint density at radius 1 is 1.11 bits per heavy atom. The van der Waals surface area contributed by atoms with E-state index in [1.807, 2.05) is 37.3 Å². The molecule has 1 aliphatic heterocycles. The second-order valence-corrected chi connectivity index (χ2v) is 5.02. The van der Waals surface area contributed by atoms with Gasteiger partial charge in [-0.3, -0.25) is 0 Å². The zero-order chi connectivity index (χ0) is 13.4. The standard InChI is InChI=1S/C16H15F2N/c1-10-15-12(7-13(17)8-14(15)18)9-19-16(10)11-5-3-2-4-6-11/h2-8,10,16,19H,9H2,1H3. The van der Waals surface area contributed by atoms with Crippen LogP contribution < -0.4 is 5.32 Å². The summed E-state index contributed by atoms with van der Waals surface area (Å²) in [6.07, 6.45) is 0. The van der Waals surface area contributed by atoms with E-state index in [1.54, 1.807) is 0 Å². The zero-order valence-electron chi connectivity index (χ0n) is 10.7. The first-order valence-electron chi connectivity index (χ1n) is 6.43. The van der Waals surface area contributed by atoms with Gasteiger partial charge in [0.25, 0.3) is 0 Å². The van der Waals surface area contributed by atoms with Crippen molar-refractivity contribution in [2.75, 3.05) is 0 Å². The molecule has 0 fully saturated rings. The minimum Gasteiger partial charge on any atom is -0.305 e. The normalized spacial score (nSPS) is 22.1. The maximum atomic E-state index is 14.0. The van der Waals surface area contributed by atoms with Crippen molar-refractivity contribution in [3.63, 3.8) is 0 Å². The molecule has 1 nitrogen and oxygen atoms in total. The number of halogens is 2. The second kappa shape index (κ2) is 4.74. The van der Waals surface area contributed by atoms with Crippen LogP contribution >= 0.6 is 0 Å². The van der Waals surface area contributed by atoms with Gasteiger partial charge in [-0.1, -0.05) is 37.3 Å². The lowest BCUT2D eigenvalue weighted by atomic mass is 9.82. The van der Waals surface area contributed by atoms with Gasteiger partial charge in [0, 0.05) is 24.6 Å². The highest BCUT2D eigenvalue weighted by Crippen LogP contribution is 2.38. The van der Waals surface area contributed by atoms with Crippen molar-refractivity contribution in [3.05, 3.63) is 70.8 Å². The molecule has 2 unspecified atom stereocenters. The Bertz CT molecular complexity index is 595. The Morgan fingerprint density at radius 3 is 2.58 bits per heavy atom. The minimum atomic E-state index is -0.511. The summed E-state index contributed by atoms with van der Waals surface area (Å²) in [6, 6.07) is 12.4. The number of hydrogen-bond acceptors (Lipinski definition) is 1. The number of benzene rings is 2. The van der Waals surface area contributed by atoms with E-state index in [0.29, 0.717) is 12.1 Å². The van der Waals surface area contributed by atoms with E-state index in [-0.39, 0.29) is 12.0 Å². The van der Waals surface area contributed by atoms with Gasteiger partial charge in [0.1, 0.15) is 11.6 Å². The lowest BCUT2D eigenvalue weighted by Gasteiger charge is -2.33. The molecule has 0 saturated carbocycles. The van der Waals surface area contributed by atoms with E-state index in [9.17, 15) is 8.78 Å². The van der Waals surface area contributed by atoms with Crippen LogP contribution in [0.4, 0.5) is 8.78 Å². The Balaban J connectivity index is 2.03. The summed E-state index contributed by atoms with van der Waals surface area (Å²) in [6.45, 7) is 2.47. The predicted octanol–water partition coefficient (Wildman–Crippen LogP) is 3.91. The fraction of sp³-hybridized carbons (Fsp3) is 0.250. The van der Waals surface area contributed by atoms with E-state index in [2.05, 4.69) is 5.32 Å². The zero-order valence-corrected chi connectivity index (χ0v) is 10.7. The highest BCUT2D eigenvalue weighted by atomic mass is 19.1. The predicted molar refractivity (Wildman–Crippen MR) is 70.8 cm³/mol. The van der Waals surface area contributed by atoms with Crippen molar-refractivity contribution >= 4 is 0 Å². The first kappa shape index (κ1) is 12.3. The maximum Gasteiger partial charge on any atom is 0.129 e. The number of nitrogens with one attached hydrogen (secondary N) is 1. The third-order valence-corrected chi connectivity index (χ3v) is 3.81. The van der Waals surface area contributed by atoms with Crippen LogP contribution in [-0.4, -0.2) is 0 Å². The van der Waals surface area contributed by atoms with Gasteiger partial charge in [0.05, 0.1) is 0 Å². The van der Waals surface area contributed by atoms with Crippen molar-refractivity contribution in [1.82, 2.24) is 5.32 Å². The lowest BCUT2D eigenvalue weighted by molar-refractivity contribution is 0.413. The summed E-state index contributed by atoms with van der Waals surface area (Å²) < 4.78 is 27.2. The Labute approximate surface area is 111 Å². The Hall–Kier alpha value is -1.74. The van der Waals surface area contributed by atoms with Crippen LogP contribution in [0.5, 0.6) is 0 Å². The fourth-order valence-corrected chi connectivity index (χ4v) is 2.92. The van der Waals surface area contributed by atoms with Crippen LogP contribution in [0.15, 0.2) is 42.5 Å². The molecular weight excluding hydrogens is 244 g/mol. The molecule has 0 radical (unpaired) electrons. The van der Waals surface area contributed by atoms with Crippen LogP contribution in [0, 0.1) is 11.6 Å². The minimum absolute atomic E-state index is 0.0215. The van der Waals surface area contributed by atoms with Crippen molar-refractivity contribution in [1.29, 1.82) is 0 Å². The summed E-state index contributed by atoms with van der Waals surface area (Å²) in [4.78, 5) is 0. The van der Waals surface area contributed by atoms with E-state index in [1.165, 1.54) is 6.07 Å². The van der Waals surface area contributed by atoms with E-state index < -0.39 is 11.6 Å². The van der Waals surface area contributed by atoms with Gasteiger partial charge in [-0.2, -0.15) is 0 Å². The van der Waals surface area contributed by atoms with E-state index in [4.69, 9.17) is 0 Å². The quantitative estimate of drug-likeness (QED) is 0.818. The number of rotatable bonds is 1. The highest BCUT2D eigenvalue weighted by Gasteiger charge is 2.29. The van der Waals surface area contributed by atoms with Crippen LogP contribution in [0.25, 0.3) is 0 Å². The molecule has 1 heterocycles. The Kier molecular flexibility index (Phi) is 3.07.